The highest BCUT2D eigenvalue weighted by Gasteiger charge is 2.42. The molecule has 3 amide bonds. The van der Waals surface area contributed by atoms with Crippen molar-refractivity contribution in [2.45, 2.75) is 25.9 Å². The second-order valence-electron chi connectivity index (χ2n) is 7.21. The number of aromatic nitrogens is 1. The van der Waals surface area contributed by atoms with Crippen molar-refractivity contribution in [1.29, 1.82) is 0 Å². The van der Waals surface area contributed by atoms with E-state index < -0.39 is 0 Å². The number of hydrogen-bond donors (Lipinski definition) is 2. The number of ether oxygens (including phenoxy) is 1. The fourth-order valence-electron chi connectivity index (χ4n) is 3.75. The maximum absolute atomic E-state index is 12.7. The number of rotatable bonds is 4. The van der Waals surface area contributed by atoms with E-state index in [0.29, 0.717) is 44.1 Å². The summed E-state index contributed by atoms with van der Waals surface area (Å²) < 4.78 is 5.74. The van der Waals surface area contributed by atoms with Gasteiger partial charge in [-0.3, -0.25) is 4.79 Å². The lowest BCUT2D eigenvalue weighted by Gasteiger charge is -2.39. The summed E-state index contributed by atoms with van der Waals surface area (Å²) in [5.74, 6) is 0.767. The van der Waals surface area contributed by atoms with Gasteiger partial charge >= 0.3 is 6.03 Å². The number of nitrogens with one attached hydrogen (secondary N) is 2. The van der Waals surface area contributed by atoms with Gasteiger partial charge in [-0.1, -0.05) is 6.07 Å². The van der Waals surface area contributed by atoms with E-state index in [1.807, 2.05) is 34.5 Å². The molecule has 0 radical (unpaired) electrons. The number of thiazole rings is 1. The Morgan fingerprint density at radius 1 is 1.44 bits per heavy atom. The predicted molar refractivity (Wildman–Crippen MR) is 103 cm³/mol. The predicted octanol–water partition coefficient (Wildman–Crippen LogP) is 2.86. The van der Waals surface area contributed by atoms with Crippen LogP contribution in [0.5, 0.6) is 5.75 Å². The van der Waals surface area contributed by atoms with Crippen LogP contribution in [0.3, 0.4) is 0 Å². The monoisotopic (exact) mass is 386 g/mol. The third kappa shape index (κ3) is 4.21. The lowest BCUT2D eigenvalue weighted by Crippen LogP contribution is -2.48. The highest BCUT2D eigenvalue weighted by Crippen LogP contribution is 2.36. The molecule has 1 aromatic carbocycles. The molecule has 1 unspecified atom stereocenters. The van der Waals surface area contributed by atoms with Gasteiger partial charge in [0.2, 0.25) is 5.91 Å². The number of piperidine rings is 1. The molecular formula is C19H22N4O3S. The lowest BCUT2D eigenvalue weighted by molar-refractivity contribution is -0.119. The lowest BCUT2D eigenvalue weighted by atomic mass is 9.79. The average Bonchev–Trinajstić information content (AvgIpc) is 3.30. The first-order chi connectivity index (χ1) is 13.1. The largest absolute Gasteiger partial charge is 0.487 e. The van der Waals surface area contributed by atoms with Gasteiger partial charge in [-0.15, -0.1) is 11.3 Å². The summed E-state index contributed by atoms with van der Waals surface area (Å²) in [4.78, 5) is 30.3. The van der Waals surface area contributed by atoms with Crippen molar-refractivity contribution < 1.29 is 14.3 Å². The first kappa shape index (κ1) is 17.8. The number of likely N-dealkylation sites (tertiary alicyclic amines) is 1. The van der Waals surface area contributed by atoms with Gasteiger partial charge in [0.05, 0.1) is 11.2 Å². The standard InChI is InChI=1S/C19H22N4O3S/c24-17-8-19(11-20-17)5-2-6-23(12-19)18(25)22-14-3-1-4-16(7-14)26-9-15-10-27-13-21-15/h1,3-4,7,10,13H,2,5-6,8-9,11-12H2,(H,20,24)(H,22,25). The third-order valence-electron chi connectivity index (χ3n) is 5.10. The fraction of sp³-hybridized carbons (Fsp3) is 0.421. The minimum absolute atomic E-state index is 0.0854. The summed E-state index contributed by atoms with van der Waals surface area (Å²) >= 11 is 1.53. The number of carbonyl (C=O) groups excluding carboxylic acids is 2. The molecule has 2 saturated heterocycles. The zero-order valence-corrected chi connectivity index (χ0v) is 15.8. The van der Waals surface area contributed by atoms with Gasteiger partial charge in [-0.05, 0) is 25.0 Å². The Kier molecular flexibility index (Phi) is 4.98. The minimum atomic E-state index is -0.134. The Bertz CT molecular complexity index is 826. The molecular weight excluding hydrogens is 364 g/mol. The van der Waals surface area contributed by atoms with Gasteiger partial charge < -0.3 is 20.3 Å². The van der Waals surface area contributed by atoms with Gasteiger partial charge in [0.1, 0.15) is 12.4 Å². The number of urea groups is 1. The van der Waals surface area contributed by atoms with E-state index in [0.717, 1.165) is 18.5 Å². The molecule has 2 N–H and O–H groups in total. The van der Waals surface area contributed by atoms with E-state index >= 15 is 0 Å². The van der Waals surface area contributed by atoms with Crippen molar-refractivity contribution in [1.82, 2.24) is 15.2 Å². The van der Waals surface area contributed by atoms with Crippen LogP contribution in [-0.2, 0) is 11.4 Å². The Morgan fingerprint density at radius 3 is 3.15 bits per heavy atom. The van der Waals surface area contributed by atoms with Crippen LogP contribution in [0.25, 0.3) is 0 Å². The molecule has 3 heterocycles. The molecule has 2 aromatic rings. The molecule has 0 bridgehead atoms. The summed E-state index contributed by atoms with van der Waals surface area (Å²) in [6, 6.07) is 7.22. The van der Waals surface area contributed by atoms with E-state index in [4.69, 9.17) is 4.74 Å². The van der Waals surface area contributed by atoms with Crippen molar-refractivity contribution in [3.8, 4) is 5.75 Å². The van der Waals surface area contributed by atoms with Crippen LogP contribution in [0.1, 0.15) is 25.0 Å². The quantitative estimate of drug-likeness (QED) is 0.846. The third-order valence-corrected chi connectivity index (χ3v) is 5.74. The normalized spacial score (nSPS) is 21.9. The Balaban J connectivity index is 1.36. The summed E-state index contributed by atoms with van der Waals surface area (Å²) in [6.45, 7) is 2.38. The second kappa shape index (κ2) is 7.56. The molecule has 7 nitrogen and oxygen atoms in total. The van der Waals surface area contributed by atoms with Crippen LogP contribution < -0.4 is 15.4 Å². The maximum atomic E-state index is 12.7. The first-order valence-electron chi connectivity index (χ1n) is 9.05. The molecule has 4 rings (SSSR count). The Labute approximate surface area is 161 Å². The summed E-state index contributed by atoms with van der Waals surface area (Å²) in [7, 11) is 0. The zero-order chi connectivity index (χ0) is 18.7. The van der Waals surface area contributed by atoms with E-state index in [2.05, 4.69) is 15.6 Å². The van der Waals surface area contributed by atoms with Crippen LogP contribution in [0.4, 0.5) is 10.5 Å². The van der Waals surface area contributed by atoms with Crippen molar-refractivity contribution >= 4 is 29.0 Å². The fourth-order valence-corrected chi connectivity index (χ4v) is 4.30. The van der Waals surface area contributed by atoms with E-state index in [-0.39, 0.29) is 17.4 Å². The second-order valence-corrected chi connectivity index (χ2v) is 7.92. The summed E-state index contributed by atoms with van der Waals surface area (Å²) in [5.41, 5.74) is 3.24. The van der Waals surface area contributed by atoms with Gasteiger partial charge in [0, 0.05) is 48.6 Å². The molecule has 0 aliphatic carbocycles. The highest BCUT2D eigenvalue weighted by molar-refractivity contribution is 7.07. The molecule has 2 aliphatic heterocycles. The number of amides is 3. The Morgan fingerprint density at radius 2 is 2.37 bits per heavy atom. The van der Waals surface area contributed by atoms with Gasteiger partial charge in [-0.25, -0.2) is 9.78 Å². The number of anilines is 1. The molecule has 1 spiro atoms. The van der Waals surface area contributed by atoms with E-state index in [1.54, 1.807) is 5.51 Å². The Hall–Kier alpha value is -2.61. The molecule has 1 atom stereocenters. The van der Waals surface area contributed by atoms with Crippen molar-refractivity contribution in [3.05, 3.63) is 40.8 Å². The number of nitrogens with zero attached hydrogens (tertiary/aromatic N) is 2. The highest BCUT2D eigenvalue weighted by atomic mass is 32.1. The number of hydrogen-bond acceptors (Lipinski definition) is 5. The summed E-state index contributed by atoms with van der Waals surface area (Å²) in [5, 5.41) is 7.80. The molecule has 0 saturated carbocycles. The van der Waals surface area contributed by atoms with E-state index in [1.165, 1.54) is 11.3 Å². The number of benzene rings is 1. The number of carbonyl (C=O) groups is 2. The van der Waals surface area contributed by atoms with Crippen molar-refractivity contribution in [2.24, 2.45) is 5.41 Å². The molecule has 142 valence electrons. The van der Waals surface area contributed by atoms with Gasteiger partial charge in [0.25, 0.3) is 0 Å². The average molecular weight is 386 g/mol. The SMILES string of the molecule is O=C1CC2(CCCN(C(=O)Nc3cccc(OCc4cscn4)c3)C2)CN1. The molecule has 27 heavy (non-hydrogen) atoms. The van der Waals surface area contributed by atoms with Crippen molar-refractivity contribution in [2.75, 3.05) is 25.0 Å². The maximum Gasteiger partial charge on any atom is 0.321 e. The van der Waals surface area contributed by atoms with Crippen LogP contribution >= 0.6 is 11.3 Å². The molecule has 1 aromatic heterocycles. The minimum Gasteiger partial charge on any atom is -0.487 e. The topological polar surface area (TPSA) is 83.6 Å². The first-order valence-corrected chi connectivity index (χ1v) is 9.99. The van der Waals surface area contributed by atoms with Crippen LogP contribution in [0, 0.1) is 5.41 Å². The van der Waals surface area contributed by atoms with Crippen LogP contribution in [-0.4, -0.2) is 41.5 Å². The van der Waals surface area contributed by atoms with Gasteiger partial charge in [-0.2, -0.15) is 0 Å². The van der Waals surface area contributed by atoms with Crippen molar-refractivity contribution in [3.63, 3.8) is 0 Å². The molecule has 2 aliphatic rings. The van der Waals surface area contributed by atoms with Crippen LogP contribution in [0.15, 0.2) is 35.2 Å². The molecule has 2 fully saturated rings. The summed E-state index contributed by atoms with van der Waals surface area (Å²) in [6.07, 6.45) is 2.41. The van der Waals surface area contributed by atoms with E-state index in [9.17, 15) is 9.59 Å². The van der Waals surface area contributed by atoms with Crippen LogP contribution in [0.2, 0.25) is 0 Å². The zero-order valence-electron chi connectivity index (χ0n) is 14.9. The molecule has 8 heteroatoms. The smallest absolute Gasteiger partial charge is 0.321 e. The van der Waals surface area contributed by atoms with Gasteiger partial charge in [0.15, 0.2) is 0 Å².